The predicted octanol–water partition coefficient (Wildman–Crippen LogP) is 1.86. The first-order chi connectivity index (χ1) is 11.2. The Balaban J connectivity index is 2.71. The Morgan fingerprint density at radius 3 is 2.54 bits per heavy atom. The molecule has 1 atom stereocenters. The summed E-state index contributed by atoms with van der Waals surface area (Å²) in [6.07, 6.45) is 1.83. The van der Waals surface area contributed by atoms with Crippen LogP contribution in [0.4, 0.5) is 5.69 Å². The molecule has 0 bridgehead atoms. The lowest BCUT2D eigenvalue weighted by Crippen LogP contribution is -2.39. The molecule has 0 aromatic heterocycles. The Morgan fingerprint density at radius 2 is 2.00 bits per heavy atom. The van der Waals surface area contributed by atoms with Crippen molar-refractivity contribution in [2.24, 2.45) is 0 Å². The lowest BCUT2D eigenvalue weighted by Gasteiger charge is -2.25. The lowest BCUT2D eigenvalue weighted by atomic mass is 10.2. The Morgan fingerprint density at radius 1 is 1.33 bits per heavy atom. The summed E-state index contributed by atoms with van der Waals surface area (Å²) < 4.78 is 29.5. The van der Waals surface area contributed by atoms with Gasteiger partial charge in [0.15, 0.2) is 0 Å². The quantitative estimate of drug-likeness (QED) is 0.718. The number of hydrogen-bond donors (Lipinski definition) is 1. The van der Waals surface area contributed by atoms with Crippen LogP contribution in [-0.4, -0.2) is 50.6 Å². The maximum absolute atomic E-state index is 12.1. The van der Waals surface area contributed by atoms with Crippen molar-refractivity contribution >= 4 is 27.6 Å². The number of sulfonamides is 1. The van der Waals surface area contributed by atoms with E-state index >= 15 is 0 Å². The number of anilines is 1. The van der Waals surface area contributed by atoms with Crippen LogP contribution in [0.5, 0.6) is 0 Å². The first kappa shape index (κ1) is 20.1. The molecule has 0 radical (unpaired) electrons. The number of methoxy groups -OCH3 is 1. The molecule has 1 N–H and O–H groups in total. The first-order valence-electron chi connectivity index (χ1n) is 7.64. The largest absolute Gasteiger partial charge is 0.465 e. The Kier molecular flexibility index (Phi) is 7.37. The van der Waals surface area contributed by atoms with E-state index in [2.05, 4.69) is 10.1 Å². The maximum atomic E-state index is 12.1. The van der Waals surface area contributed by atoms with E-state index in [9.17, 15) is 18.0 Å². The molecule has 7 nitrogen and oxygen atoms in total. The minimum absolute atomic E-state index is 0.0276. The molecule has 8 heteroatoms. The topological polar surface area (TPSA) is 92.8 Å². The minimum Gasteiger partial charge on any atom is -0.465 e. The zero-order valence-electron chi connectivity index (χ0n) is 14.4. The summed E-state index contributed by atoms with van der Waals surface area (Å²) in [5, 5.41) is 2.66. The van der Waals surface area contributed by atoms with Crippen LogP contribution < -0.4 is 5.32 Å². The molecular weight excluding hydrogens is 332 g/mol. The SMILES string of the molecule is CCC(C)N(CCC(=O)Nc1cccc(C(=O)OC)c1)S(C)(=O)=O. The molecule has 1 aromatic carbocycles. The van der Waals surface area contributed by atoms with Crippen molar-refractivity contribution < 1.29 is 22.7 Å². The molecule has 1 aromatic rings. The van der Waals surface area contributed by atoms with Gasteiger partial charge in [-0.2, -0.15) is 4.31 Å². The van der Waals surface area contributed by atoms with E-state index < -0.39 is 16.0 Å². The standard InChI is InChI=1S/C16H24N2O5S/c1-5-12(2)18(24(4,21)22)10-9-15(19)17-14-8-6-7-13(11-14)16(20)23-3/h6-8,11-12H,5,9-10H2,1-4H3,(H,17,19). The number of amides is 1. The molecule has 0 aliphatic heterocycles. The molecule has 0 spiro atoms. The van der Waals surface area contributed by atoms with Crippen molar-refractivity contribution in [1.82, 2.24) is 4.31 Å². The van der Waals surface area contributed by atoms with E-state index in [0.717, 1.165) is 6.26 Å². The van der Waals surface area contributed by atoms with Crippen LogP contribution >= 0.6 is 0 Å². The average molecular weight is 356 g/mol. The average Bonchev–Trinajstić information content (AvgIpc) is 2.52. The maximum Gasteiger partial charge on any atom is 0.337 e. The van der Waals surface area contributed by atoms with E-state index in [4.69, 9.17) is 0 Å². The third kappa shape index (κ3) is 5.93. The van der Waals surface area contributed by atoms with Crippen molar-refractivity contribution in [3.63, 3.8) is 0 Å². The van der Waals surface area contributed by atoms with Crippen LogP contribution in [0.3, 0.4) is 0 Å². The highest BCUT2D eigenvalue weighted by Crippen LogP contribution is 2.13. The van der Waals surface area contributed by atoms with Gasteiger partial charge in [-0.3, -0.25) is 4.79 Å². The van der Waals surface area contributed by atoms with Gasteiger partial charge >= 0.3 is 5.97 Å². The molecule has 1 amide bonds. The zero-order chi connectivity index (χ0) is 18.3. The second-order valence-corrected chi connectivity index (χ2v) is 7.44. The van der Waals surface area contributed by atoms with E-state index in [1.54, 1.807) is 25.1 Å². The first-order valence-corrected chi connectivity index (χ1v) is 9.49. The van der Waals surface area contributed by atoms with Crippen LogP contribution in [0, 0.1) is 0 Å². The highest BCUT2D eigenvalue weighted by molar-refractivity contribution is 7.88. The number of esters is 1. The highest BCUT2D eigenvalue weighted by atomic mass is 32.2. The molecule has 0 aliphatic rings. The molecule has 1 unspecified atom stereocenters. The number of nitrogens with one attached hydrogen (secondary N) is 1. The normalized spacial score (nSPS) is 12.7. The number of rotatable bonds is 8. The van der Waals surface area contributed by atoms with E-state index in [0.29, 0.717) is 17.7 Å². The van der Waals surface area contributed by atoms with Gasteiger partial charge in [-0.15, -0.1) is 0 Å². The van der Waals surface area contributed by atoms with Crippen LogP contribution in [0.1, 0.15) is 37.0 Å². The van der Waals surface area contributed by atoms with Crippen molar-refractivity contribution in [3.05, 3.63) is 29.8 Å². The number of nitrogens with zero attached hydrogens (tertiary/aromatic N) is 1. The summed E-state index contributed by atoms with van der Waals surface area (Å²) in [6.45, 7) is 3.80. The fourth-order valence-corrected chi connectivity index (χ4v) is 3.42. The van der Waals surface area contributed by atoms with Gasteiger partial charge < -0.3 is 10.1 Å². The van der Waals surface area contributed by atoms with Crippen LogP contribution in [-0.2, 0) is 19.6 Å². The second-order valence-electron chi connectivity index (χ2n) is 5.50. The number of carbonyl (C=O) groups excluding carboxylic acids is 2. The molecule has 0 saturated heterocycles. The highest BCUT2D eigenvalue weighted by Gasteiger charge is 2.22. The van der Waals surface area contributed by atoms with Gasteiger partial charge in [0.2, 0.25) is 15.9 Å². The fourth-order valence-electron chi connectivity index (χ4n) is 2.19. The summed E-state index contributed by atoms with van der Waals surface area (Å²) in [5.74, 6) is -0.819. The third-order valence-electron chi connectivity index (χ3n) is 3.64. The van der Waals surface area contributed by atoms with Gasteiger partial charge in [0.25, 0.3) is 0 Å². The summed E-state index contributed by atoms with van der Waals surface area (Å²) in [6, 6.07) is 6.19. The van der Waals surface area contributed by atoms with Crippen molar-refractivity contribution in [2.75, 3.05) is 25.2 Å². The molecular formula is C16H24N2O5S. The number of carbonyl (C=O) groups is 2. The smallest absolute Gasteiger partial charge is 0.337 e. The van der Waals surface area contributed by atoms with E-state index in [-0.39, 0.29) is 24.9 Å². The van der Waals surface area contributed by atoms with Crippen LogP contribution in [0.15, 0.2) is 24.3 Å². The summed E-state index contributed by atoms with van der Waals surface area (Å²) in [4.78, 5) is 23.5. The summed E-state index contributed by atoms with van der Waals surface area (Å²) in [7, 11) is -2.09. The molecule has 0 saturated carbocycles. The molecule has 0 aliphatic carbocycles. The predicted molar refractivity (Wildman–Crippen MR) is 92.3 cm³/mol. The number of ether oxygens (including phenoxy) is 1. The molecule has 0 fully saturated rings. The monoisotopic (exact) mass is 356 g/mol. The lowest BCUT2D eigenvalue weighted by molar-refractivity contribution is -0.116. The Hall–Kier alpha value is -1.93. The molecule has 0 heterocycles. The Labute approximate surface area is 143 Å². The zero-order valence-corrected chi connectivity index (χ0v) is 15.2. The van der Waals surface area contributed by atoms with Gasteiger partial charge in [-0.05, 0) is 31.5 Å². The molecule has 24 heavy (non-hydrogen) atoms. The Bertz CT molecular complexity index is 687. The van der Waals surface area contributed by atoms with Crippen LogP contribution in [0.25, 0.3) is 0 Å². The fraction of sp³-hybridized carbons (Fsp3) is 0.500. The third-order valence-corrected chi connectivity index (χ3v) is 5.03. The summed E-state index contributed by atoms with van der Waals surface area (Å²) >= 11 is 0. The van der Waals surface area contributed by atoms with Gasteiger partial charge in [0, 0.05) is 24.7 Å². The van der Waals surface area contributed by atoms with Gasteiger partial charge in [-0.1, -0.05) is 13.0 Å². The van der Waals surface area contributed by atoms with Crippen LogP contribution in [0.2, 0.25) is 0 Å². The van der Waals surface area contributed by atoms with Gasteiger partial charge in [0.05, 0.1) is 18.9 Å². The van der Waals surface area contributed by atoms with Crippen molar-refractivity contribution in [2.45, 2.75) is 32.7 Å². The minimum atomic E-state index is -3.37. The second kappa shape index (κ2) is 8.79. The van der Waals surface area contributed by atoms with E-state index in [1.807, 2.05) is 6.92 Å². The molecule has 1 rings (SSSR count). The van der Waals surface area contributed by atoms with Crippen molar-refractivity contribution in [3.8, 4) is 0 Å². The number of benzene rings is 1. The summed E-state index contributed by atoms with van der Waals surface area (Å²) in [5.41, 5.74) is 0.782. The van der Waals surface area contributed by atoms with Gasteiger partial charge in [-0.25, -0.2) is 13.2 Å². The van der Waals surface area contributed by atoms with E-state index in [1.165, 1.54) is 17.5 Å². The van der Waals surface area contributed by atoms with Gasteiger partial charge in [0.1, 0.15) is 0 Å². The van der Waals surface area contributed by atoms with Crippen molar-refractivity contribution in [1.29, 1.82) is 0 Å². The molecule has 134 valence electrons. The number of hydrogen-bond acceptors (Lipinski definition) is 5.